The molecule has 0 amide bonds. The summed E-state index contributed by atoms with van der Waals surface area (Å²) in [6.07, 6.45) is 4.75. The molecule has 15 heavy (non-hydrogen) atoms. The molecule has 0 spiro atoms. The highest BCUT2D eigenvalue weighted by atomic mass is 32.2. The van der Waals surface area contributed by atoms with Gasteiger partial charge in [-0.3, -0.25) is 4.90 Å². The maximum atomic E-state index is 11.1. The molecule has 5 heteroatoms. The number of piperidine rings is 1. The molecule has 1 aliphatic rings. The van der Waals surface area contributed by atoms with Crippen molar-refractivity contribution in [2.24, 2.45) is 5.73 Å². The summed E-state index contributed by atoms with van der Waals surface area (Å²) in [7, 11) is -2.86. The SMILES string of the molecule is CC1CCCC(CN)N1CCS(C)(=O)=O. The van der Waals surface area contributed by atoms with Gasteiger partial charge >= 0.3 is 0 Å². The zero-order valence-electron chi connectivity index (χ0n) is 9.65. The average Bonchev–Trinajstić information content (AvgIpc) is 2.14. The van der Waals surface area contributed by atoms with Crippen LogP contribution in [0.2, 0.25) is 0 Å². The monoisotopic (exact) mass is 234 g/mol. The summed E-state index contributed by atoms with van der Waals surface area (Å²) in [6, 6.07) is 0.838. The molecule has 1 rings (SSSR count). The number of nitrogens with two attached hydrogens (primary N) is 1. The molecule has 0 aliphatic carbocycles. The lowest BCUT2D eigenvalue weighted by molar-refractivity contribution is 0.105. The molecule has 1 fully saturated rings. The van der Waals surface area contributed by atoms with Gasteiger partial charge in [-0.05, 0) is 19.8 Å². The van der Waals surface area contributed by atoms with Gasteiger partial charge in [0.05, 0.1) is 5.75 Å². The van der Waals surface area contributed by atoms with Gasteiger partial charge in [0.2, 0.25) is 0 Å². The molecule has 0 saturated carbocycles. The Morgan fingerprint density at radius 2 is 2.07 bits per heavy atom. The highest BCUT2D eigenvalue weighted by molar-refractivity contribution is 7.90. The first-order valence-corrected chi connectivity index (χ1v) is 7.63. The van der Waals surface area contributed by atoms with Crippen LogP contribution < -0.4 is 5.73 Å². The van der Waals surface area contributed by atoms with Crippen LogP contribution in [0.25, 0.3) is 0 Å². The van der Waals surface area contributed by atoms with Crippen molar-refractivity contribution in [3.63, 3.8) is 0 Å². The Balaban J connectivity index is 2.55. The Morgan fingerprint density at radius 3 is 2.60 bits per heavy atom. The molecule has 4 nitrogen and oxygen atoms in total. The number of nitrogens with zero attached hydrogens (tertiary/aromatic N) is 1. The minimum atomic E-state index is -2.86. The zero-order valence-corrected chi connectivity index (χ0v) is 10.5. The van der Waals surface area contributed by atoms with Gasteiger partial charge in [-0.15, -0.1) is 0 Å². The number of hydrogen-bond acceptors (Lipinski definition) is 4. The van der Waals surface area contributed by atoms with Crippen molar-refractivity contribution in [2.75, 3.05) is 25.1 Å². The third kappa shape index (κ3) is 4.09. The quantitative estimate of drug-likeness (QED) is 0.756. The summed E-state index contributed by atoms with van der Waals surface area (Å²) in [4.78, 5) is 2.25. The van der Waals surface area contributed by atoms with Crippen molar-refractivity contribution in [2.45, 2.75) is 38.3 Å². The minimum absolute atomic E-state index is 0.244. The van der Waals surface area contributed by atoms with E-state index in [1.165, 1.54) is 12.7 Å². The second kappa shape index (κ2) is 5.27. The van der Waals surface area contributed by atoms with Crippen LogP contribution in [0.4, 0.5) is 0 Å². The lowest BCUT2D eigenvalue weighted by Crippen LogP contribution is -2.50. The van der Waals surface area contributed by atoms with Crippen molar-refractivity contribution in [1.82, 2.24) is 4.90 Å². The van der Waals surface area contributed by atoms with Crippen LogP contribution in [0.15, 0.2) is 0 Å². The van der Waals surface area contributed by atoms with Crippen molar-refractivity contribution < 1.29 is 8.42 Å². The van der Waals surface area contributed by atoms with Crippen LogP contribution in [0.5, 0.6) is 0 Å². The fourth-order valence-corrected chi connectivity index (χ4v) is 2.81. The van der Waals surface area contributed by atoms with Crippen LogP contribution in [0.3, 0.4) is 0 Å². The fourth-order valence-electron chi connectivity index (χ4n) is 2.27. The fraction of sp³-hybridized carbons (Fsp3) is 1.00. The van der Waals surface area contributed by atoms with Gasteiger partial charge in [-0.1, -0.05) is 6.42 Å². The summed E-state index contributed by atoms with van der Waals surface area (Å²) in [5, 5.41) is 0. The molecule has 2 N–H and O–H groups in total. The van der Waals surface area contributed by atoms with E-state index in [2.05, 4.69) is 11.8 Å². The molecule has 0 aromatic rings. The van der Waals surface area contributed by atoms with Crippen LogP contribution in [-0.4, -0.2) is 50.5 Å². The topological polar surface area (TPSA) is 63.4 Å². The van der Waals surface area contributed by atoms with Crippen LogP contribution in [-0.2, 0) is 9.84 Å². The molecular formula is C10H22N2O2S. The average molecular weight is 234 g/mol. The predicted molar refractivity (Wildman–Crippen MR) is 62.6 cm³/mol. The second-order valence-electron chi connectivity index (χ2n) is 4.54. The number of rotatable bonds is 4. The molecule has 0 aromatic carbocycles. The van der Waals surface area contributed by atoms with Crippen molar-refractivity contribution >= 4 is 9.84 Å². The predicted octanol–water partition coefficient (Wildman–Crippen LogP) is 0.233. The summed E-state index contributed by atoms with van der Waals surface area (Å²) in [5.41, 5.74) is 5.70. The molecule has 0 aromatic heterocycles. The minimum Gasteiger partial charge on any atom is -0.329 e. The Hall–Kier alpha value is -0.130. The van der Waals surface area contributed by atoms with Gasteiger partial charge in [-0.25, -0.2) is 8.42 Å². The van der Waals surface area contributed by atoms with E-state index in [9.17, 15) is 8.42 Å². The van der Waals surface area contributed by atoms with Gasteiger partial charge in [-0.2, -0.15) is 0 Å². The first-order chi connectivity index (χ1) is 6.94. The first-order valence-electron chi connectivity index (χ1n) is 5.57. The standard InChI is InChI=1S/C10H22N2O2S/c1-9-4-3-5-10(8-11)12(9)6-7-15(2,13)14/h9-10H,3-8,11H2,1-2H3. The third-order valence-corrected chi connectivity index (χ3v) is 4.11. The number of likely N-dealkylation sites (tertiary alicyclic amines) is 1. The summed E-state index contributed by atoms with van der Waals surface area (Å²) in [5.74, 6) is 0.244. The van der Waals surface area contributed by atoms with E-state index >= 15 is 0 Å². The second-order valence-corrected chi connectivity index (χ2v) is 6.80. The zero-order chi connectivity index (χ0) is 11.5. The third-order valence-electron chi connectivity index (χ3n) is 3.19. The van der Waals surface area contributed by atoms with E-state index < -0.39 is 9.84 Å². The molecule has 0 radical (unpaired) electrons. The van der Waals surface area contributed by atoms with Crippen molar-refractivity contribution in [3.8, 4) is 0 Å². The largest absolute Gasteiger partial charge is 0.329 e. The molecular weight excluding hydrogens is 212 g/mol. The summed E-state index contributed by atoms with van der Waals surface area (Å²) in [6.45, 7) is 3.42. The van der Waals surface area contributed by atoms with E-state index in [0.717, 1.165) is 12.8 Å². The summed E-state index contributed by atoms with van der Waals surface area (Å²) < 4.78 is 22.2. The molecule has 2 atom stereocenters. The normalized spacial score (nSPS) is 29.3. The lowest BCUT2D eigenvalue weighted by Gasteiger charge is -2.40. The molecule has 1 aliphatic heterocycles. The highest BCUT2D eigenvalue weighted by Crippen LogP contribution is 2.21. The van der Waals surface area contributed by atoms with E-state index in [1.54, 1.807) is 0 Å². The molecule has 1 heterocycles. The maximum Gasteiger partial charge on any atom is 0.148 e. The molecule has 1 saturated heterocycles. The Labute approximate surface area is 92.7 Å². The molecule has 2 unspecified atom stereocenters. The van der Waals surface area contributed by atoms with E-state index in [-0.39, 0.29) is 5.75 Å². The van der Waals surface area contributed by atoms with Gasteiger partial charge in [0.25, 0.3) is 0 Å². The smallest absolute Gasteiger partial charge is 0.148 e. The molecule has 0 bridgehead atoms. The van der Waals surface area contributed by atoms with Gasteiger partial charge in [0.15, 0.2) is 0 Å². The van der Waals surface area contributed by atoms with E-state index in [1.807, 2.05) is 0 Å². The van der Waals surface area contributed by atoms with Crippen molar-refractivity contribution in [3.05, 3.63) is 0 Å². The maximum absolute atomic E-state index is 11.1. The Bertz CT molecular complexity index is 290. The first kappa shape index (κ1) is 12.9. The van der Waals surface area contributed by atoms with Crippen molar-refractivity contribution in [1.29, 1.82) is 0 Å². The highest BCUT2D eigenvalue weighted by Gasteiger charge is 2.27. The lowest BCUT2D eigenvalue weighted by atomic mass is 9.97. The van der Waals surface area contributed by atoms with E-state index in [0.29, 0.717) is 25.2 Å². The number of hydrogen-bond donors (Lipinski definition) is 1. The van der Waals surface area contributed by atoms with Crippen LogP contribution >= 0.6 is 0 Å². The van der Waals surface area contributed by atoms with Gasteiger partial charge in [0, 0.05) is 31.4 Å². The number of sulfone groups is 1. The summed E-state index contributed by atoms with van der Waals surface area (Å²) >= 11 is 0. The van der Waals surface area contributed by atoms with Crippen LogP contribution in [0.1, 0.15) is 26.2 Å². The van der Waals surface area contributed by atoms with Gasteiger partial charge in [0.1, 0.15) is 9.84 Å². The Kier molecular flexibility index (Phi) is 4.55. The van der Waals surface area contributed by atoms with Crippen LogP contribution in [0, 0.1) is 0 Å². The molecule has 90 valence electrons. The Morgan fingerprint density at radius 1 is 1.40 bits per heavy atom. The van der Waals surface area contributed by atoms with Gasteiger partial charge < -0.3 is 5.73 Å². The van der Waals surface area contributed by atoms with E-state index in [4.69, 9.17) is 5.73 Å².